The number of ether oxygens (including phenoxy) is 3. The van der Waals surface area contributed by atoms with Crippen LogP contribution in [0.4, 0.5) is 5.69 Å². The van der Waals surface area contributed by atoms with Crippen molar-refractivity contribution in [2.24, 2.45) is 4.99 Å². The average Bonchev–Trinajstić information content (AvgIpc) is 2.88. The molecule has 0 radical (unpaired) electrons. The number of fused-ring (bicyclic) bond motifs is 1. The number of methoxy groups -OCH3 is 3. The van der Waals surface area contributed by atoms with E-state index < -0.39 is 6.10 Å². The van der Waals surface area contributed by atoms with Crippen molar-refractivity contribution in [1.82, 2.24) is 15.1 Å². The van der Waals surface area contributed by atoms with E-state index in [9.17, 15) is 10.4 Å². The van der Waals surface area contributed by atoms with Gasteiger partial charge in [-0.1, -0.05) is 18.2 Å². The molecule has 0 saturated carbocycles. The second-order valence-corrected chi connectivity index (χ2v) is 8.44. The number of guanidine groups is 1. The Morgan fingerprint density at radius 1 is 1.12 bits per heavy atom. The smallest absolute Gasteiger partial charge is 0.213 e. The van der Waals surface area contributed by atoms with Gasteiger partial charge < -0.3 is 29.1 Å². The maximum atomic E-state index is 10.9. The van der Waals surface area contributed by atoms with Crippen molar-refractivity contribution in [3.63, 3.8) is 0 Å². The van der Waals surface area contributed by atoms with Gasteiger partial charge in [-0.25, -0.2) is 4.99 Å². The summed E-state index contributed by atoms with van der Waals surface area (Å²) in [6, 6.07) is 11.9. The van der Waals surface area contributed by atoms with Crippen molar-refractivity contribution in [1.29, 1.82) is 5.26 Å². The molecule has 9 heteroatoms. The third-order valence-electron chi connectivity index (χ3n) is 6.50. The zero-order chi connectivity index (χ0) is 24.1. The molecule has 34 heavy (non-hydrogen) atoms. The fraction of sp³-hybridized carbons (Fsp3) is 0.440. The van der Waals surface area contributed by atoms with Crippen LogP contribution < -0.4 is 19.5 Å². The molecule has 0 aromatic heterocycles. The molecule has 0 amide bonds. The standard InChI is InChI=1S/C25H31N5O4/c1-32-22-12-18(13-23(33-2)24(22)34-3)21(31)15-29-10-8-19(9-11-29)30-14-17-6-4-5-7-20(17)28-25(30)27-16-26/h4-7,12-13,19,21,31H,8-11,14-15H2,1-3H3,(H,27,28). The molecule has 1 fully saturated rings. The number of aliphatic hydroxyl groups excluding tert-OH is 1. The molecule has 2 N–H and O–H groups in total. The molecular formula is C25H31N5O4. The lowest BCUT2D eigenvalue weighted by molar-refractivity contribution is 0.0805. The van der Waals surface area contributed by atoms with Crippen LogP contribution in [0.1, 0.15) is 30.1 Å². The molecule has 4 rings (SSSR count). The number of rotatable bonds is 7. The number of aliphatic hydroxyl groups is 1. The number of aliphatic imine (C=N–C) groups is 1. The van der Waals surface area contributed by atoms with E-state index in [0.29, 0.717) is 29.8 Å². The Morgan fingerprint density at radius 3 is 2.41 bits per heavy atom. The summed E-state index contributed by atoms with van der Waals surface area (Å²) in [5, 5.41) is 22.9. The Kier molecular flexibility index (Phi) is 7.40. The highest BCUT2D eigenvalue weighted by atomic mass is 16.5. The van der Waals surface area contributed by atoms with Gasteiger partial charge in [-0.2, -0.15) is 5.26 Å². The van der Waals surface area contributed by atoms with Gasteiger partial charge in [-0.15, -0.1) is 0 Å². The van der Waals surface area contributed by atoms with Crippen molar-refractivity contribution in [2.45, 2.75) is 31.5 Å². The highest BCUT2D eigenvalue weighted by Gasteiger charge is 2.30. The van der Waals surface area contributed by atoms with E-state index in [4.69, 9.17) is 14.2 Å². The third-order valence-corrected chi connectivity index (χ3v) is 6.50. The first-order chi connectivity index (χ1) is 16.6. The Bertz CT molecular complexity index is 1050. The maximum absolute atomic E-state index is 10.9. The average molecular weight is 466 g/mol. The number of piperidine rings is 1. The van der Waals surface area contributed by atoms with E-state index in [1.807, 2.05) is 24.4 Å². The SMILES string of the molecule is COc1cc(C(O)CN2CCC(N3Cc4ccccc4N=C3NC#N)CC2)cc(OC)c1OC. The number of β-amino-alcohol motifs (C(OH)–C–C–N with tert-alkyl or cyclic N) is 1. The van der Waals surface area contributed by atoms with Gasteiger partial charge in [0.15, 0.2) is 17.7 Å². The lowest BCUT2D eigenvalue weighted by Gasteiger charge is -2.41. The van der Waals surface area contributed by atoms with Gasteiger partial charge in [0.2, 0.25) is 11.7 Å². The summed E-state index contributed by atoms with van der Waals surface area (Å²) < 4.78 is 16.2. The maximum Gasteiger partial charge on any atom is 0.213 e. The summed E-state index contributed by atoms with van der Waals surface area (Å²) in [6.07, 6.45) is 3.16. The minimum Gasteiger partial charge on any atom is -0.493 e. The summed E-state index contributed by atoms with van der Waals surface area (Å²) in [6.45, 7) is 2.91. The second-order valence-electron chi connectivity index (χ2n) is 8.44. The quantitative estimate of drug-likeness (QED) is 0.475. The summed E-state index contributed by atoms with van der Waals surface area (Å²) in [5.41, 5.74) is 2.78. The second kappa shape index (κ2) is 10.6. The van der Waals surface area contributed by atoms with Crippen LogP contribution in [0.5, 0.6) is 17.2 Å². The third kappa shape index (κ3) is 4.88. The Labute approximate surface area is 200 Å². The predicted molar refractivity (Wildman–Crippen MR) is 128 cm³/mol. The van der Waals surface area contributed by atoms with Crippen LogP contribution in [-0.4, -0.2) is 67.9 Å². The van der Waals surface area contributed by atoms with E-state index in [-0.39, 0.29) is 6.04 Å². The first-order valence-corrected chi connectivity index (χ1v) is 11.4. The van der Waals surface area contributed by atoms with Gasteiger partial charge in [0, 0.05) is 32.2 Å². The van der Waals surface area contributed by atoms with E-state index in [0.717, 1.165) is 49.3 Å². The molecule has 2 heterocycles. The number of nitrogens with zero attached hydrogens (tertiary/aromatic N) is 4. The van der Waals surface area contributed by atoms with Crippen molar-refractivity contribution in [3.8, 4) is 23.4 Å². The van der Waals surface area contributed by atoms with Crippen LogP contribution in [0.3, 0.4) is 0 Å². The van der Waals surface area contributed by atoms with Crippen LogP contribution in [0.15, 0.2) is 41.4 Å². The normalized spacial score (nSPS) is 17.3. The number of likely N-dealkylation sites (tertiary alicyclic amines) is 1. The number of para-hydroxylation sites is 1. The van der Waals surface area contributed by atoms with Gasteiger partial charge in [-0.05, 0) is 42.2 Å². The molecule has 0 spiro atoms. The van der Waals surface area contributed by atoms with Crippen LogP contribution in [-0.2, 0) is 6.54 Å². The summed E-state index contributed by atoms with van der Waals surface area (Å²) in [7, 11) is 4.69. The van der Waals surface area contributed by atoms with Crippen molar-refractivity contribution < 1.29 is 19.3 Å². The molecule has 0 bridgehead atoms. The van der Waals surface area contributed by atoms with Crippen LogP contribution in [0, 0.1) is 11.5 Å². The van der Waals surface area contributed by atoms with Crippen LogP contribution >= 0.6 is 0 Å². The molecule has 2 aliphatic heterocycles. The summed E-state index contributed by atoms with van der Waals surface area (Å²) in [4.78, 5) is 9.12. The van der Waals surface area contributed by atoms with E-state index in [2.05, 4.69) is 26.2 Å². The van der Waals surface area contributed by atoms with Crippen LogP contribution in [0.2, 0.25) is 0 Å². The number of nitrogens with one attached hydrogen (secondary N) is 1. The van der Waals surface area contributed by atoms with E-state index in [1.165, 1.54) is 0 Å². The lowest BCUT2D eigenvalue weighted by Crippen LogP contribution is -2.51. The van der Waals surface area contributed by atoms with Crippen molar-refractivity contribution in [2.75, 3.05) is 41.0 Å². The molecular weight excluding hydrogens is 434 g/mol. The highest BCUT2D eigenvalue weighted by molar-refractivity contribution is 5.86. The fourth-order valence-corrected chi connectivity index (χ4v) is 4.70. The Hall–Kier alpha value is -3.48. The van der Waals surface area contributed by atoms with Gasteiger partial charge in [0.25, 0.3) is 0 Å². The minimum absolute atomic E-state index is 0.266. The number of hydrogen-bond donors (Lipinski definition) is 2. The first-order valence-electron chi connectivity index (χ1n) is 11.4. The van der Waals surface area contributed by atoms with E-state index >= 15 is 0 Å². The molecule has 1 atom stereocenters. The number of nitriles is 1. The summed E-state index contributed by atoms with van der Waals surface area (Å²) >= 11 is 0. The van der Waals surface area contributed by atoms with Gasteiger partial charge in [-0.3, -0.25) is 5.32 Å². The first kappa shape index (κ1) is 23.7. The Morgan fingerprint density at radius 2 is 1.79 bits per heavy atom. The number of benzene rings is 2. The monoisotopic (exact) mass is 465 g/mol. The summed E-state index contributed by atoms with van der Waals surface area (Å²) in [5.74, 6) is 2.17. The fourth-order valence-electron chi connectivity index (χ4n) is 4.70. The topological polar surface area (TPSA) is 103 Å². The molecule has 1 saturated heterocycles. The van der Waals surface area contributed by atoms with Gasteiger partial charge in [0.1, 0.15) is 0 Å². The molecule has 1 unspecified atom stereocenters. The molecule has 180 valence electrons. The number of hydrogen-bond acceptors (Lipinski definition) is 9. The highest BCUT2D eigenvalue weighted by Crippen LogP contribution is 2.40. The molecule has 9 nitrogen and oxygen atoms in total. The zero-order valence-electron chi connectivity index (χ0n) is 19.8. The van der Waals surface area contributed by atoms with E-state index in [1.54, 1.807) is 33.5 Å². The molecule has 2 aromatic rings. The molecule has 0 aliphatic carbocycles. The lowest BCUT2D eigenvalue weighted by atomic mass is 10.00. The zero-order valence-corrected chi connectivity index (χ0v) is 19.8. The van der Waals surface area contributed by atoms with Gasteiger partial charge >= 0.3 is 0 Å². The van der Waals surface area contributed by atoms with Crippen molar-refractivity contribution in [3.05, 3.63) is 47.5 Å². The molecule has 2 aliphatic rings. The largest absolute Gasteiger partial charge is 0.493 e. The molecule has 2 aromatic carbocycles. The Balaban J connectivity index is 1.40. The van der Waals surface area contributed by atoms with Crippen LogP contribution in [0.25, 0.3) is 0 Å². The van der Waals surface area contributed by atoms with Gasteiger partial charge in [0.05, 0.1) is 33.1 Å². The van der Waals surface area contributed by atoms with Crippen molar-refractivity contribution >= 4 is 11.6 Å². The predicted octanol–water partition coefficient (Wildman–Crippen LogP) is 2.78. The minimum atomic E-state index is -0.690.